The van der Waals surface area contributed by atoms with Gasteiger partial charge in [-0.15, -0.1) is 0 Å². The van der Waals surface area contributed by atoms with E-state index in [0.29, 0.717) is 19.4 Å². The van der Waals surface area contributed by atoms with Crippen LogP contribution >= 0.6 is 0 Å². The Balaban J connectivity index is 1.39. The second-order valence-corrected chi connectivity index (χ2v) is 8.33. The van der Waals surface area contributed by atoms with Gasteiger partial charge in [-0.25, -0.2) is 9.59 Å². The summed E-state index contributed by atoms with van der Waals surface area (Å²) < 4.78 is 10.4. The van der Waals surface area contributed by atoms with Crippen molar-refractivity contribution < 1.29 is 29.0 Å². The monoisotopic (exact) mass is 454 g/mol. The summed E-state index contributed by atoms with van der Waals surface area (Å²) in [4.78, 5) is 35.5. The van der Waals surface area contributed by atoms with Crippen molar-refractivity contribution in [3.8, 4) is 11.1 Å². The lowest BCUT2D eigenvalue weighted by Gasteiger charge is -2.25. The third-order valence-corrected chi connectivity index (χ3v) is 5.76. The molecule has 0 saturated heterocycles. The highest BCUT2D eigenvalue weighted by Gasteiger charge is 2.34. The van der Waals surface area contributed by atoms with Crippen LogP contribution in [0.5, 0.6) is 0 Å². The fourth-order valence-electron chi connectivity index (χ4n) is 4.06. The van der Waals surface area contributed by atoms with Crippen molar-refractivity contribution in [2.24, 2.45) is 0 Å². The molecule has 8 heteroatoms. The van der Waals surface area contributed by atoms with Crippen LogP contribution in [-0.2, 0) is 19.1 Å². The maximum Gasteiger partial charge on any atom is 0.407 e. The number of carboxylic acids is 1. The average molecular weight is 455 g/mol. The van der Waals surface area contributed by atoms with Gasteiger partial charge in [0.15, 0.2) is 5.54 Å². The molecule has 33 heavy (non-hydrogen) atoms. The topological polar surface area (TPSA) is 114 Å². The van der Waals surface area contributed by atoms with Crippen molar-refractivity contribution in [2.75, 3.05) is 26.9 Å². The summed E-state index contributed by atoms with van der Waals surface area (Å²) in [6.45, 7) is 1.88. The second kappa shape index (κ2) is 11.0. The van der Waals surface area contributed by atoms with Crippen LogP contribution in [0.15, 0.2) is 48.5 Å². The summed E-state index contributed by atoms with van der Waals surface area (Å²) in [6.07, 6.45) is 0.711. The van der Waals surface area contributed by atoms with Gasteiger partial charge in [0.2, 0.25) is 5.91 Å². The van der Waals surface area contributed by atoms with E-state index < -0.39 is 17.6 Å². The number of aliphatic carboxylic acids is 1. The van der Waals surface area contributed by atoms with E-state index in [-0.39, 0.29) is 31.5 Å². The molecule has 0 fully saturated rings. The van der Waals surface area contributed by atoms with Gasteiger partial charge in [0.1, 0.15) is 6.61 Å². The van der Waals surface area contributed by atoms with E-state index >= 15 is 0 Å². The third-order valence-electron chi connectivity index (χ3n) is 5.76. The molecule has 3 N–H and O–H groups in total. The minimum Gasteiger partial charge on any atom is -0.479 e. The van der Waals surface area contributed by atoms with Crippen LogP contribution in [0, 0.1) is 0 Å². The van der Waals surface area contributed by atoms with Crippen LogP contribution in [0.25, 0.3) is 11.1 Å². The molecule has 2 aromatic rings. The Kier molecular flexibility index (Phi) is 8.06. The fraction of sp³-hybridized carbons (Fsp3) is 0.400. The van der Waals surface area contributed by atoms with Gasteiger partial charge >= 0.3 is 12.1 Å². The van der Waals surface area contributed by atoms with Crippen molar-refractivity contribution in [2.45, 2.75) is 37.6 Å². The second-order valence-electron chi connectivity index (χ2n) is 8.33. The summed E-state index contributed by atoms with van der Waals surface area (Å²) in [7, 11) is 1.38. The van der Waals surface area contributed by atoms with Gasteiger partial charge in [0.05, 0.1) is 6.61 Å². The Morgan fingerprint density at radius 3 is 2.18 bits per heavy atom. The van der Waals surface area contributed by atoms with Crippen LogP contribution < -0.4 is 10.6 Å². The smallest absolute Gasteiger partial charge is 0.407 e. The molecule has 1 unspecified atom stereocenters. The first-order chi connectivity index (χ1) is 15.9. The molecule has 0 saturated carbocycles. The molecule has 0 aliphatic heterocycles. The zero-order valence-corrected chi connectivity index (χ0v) is 18.9. The summed E-state index contributed by atoms with van der Waals surface area (Å²) >= 11 is 0. The molecular formula is C25H30N2O6. The normalized spacial score (nSPS) is 14.0. The van der Waals surface area contributed by atoms with Crippen molar-refractivity contribution >= 4 is 18.0 Å². The van der Waals surface area contributed by atoms with E-state index in [1.807, 2.05) is 24.3 Å². The minimum absolute atomic E-state index is 0.00231. The first kappa shape index (κ1) is 24.3. The Bertz CT molecular complexity index is 962. The number of alkyl carbamates (subject to hydrolysis) is 1. The predicted octanol–water partition coefficient (Wildman–Crippen LogP) is 3.30. The van der Waals surface area contributed by atoms with E-state index in [1.165, 1.54) is 25.2 Å². The minimum atomic E-state index is -1.47. The number of hydrogen-bond donors (Lipinski definition) is 3. The molecule has 2 amide bonds. The van der Waals surface area contributed by atoms with Gasteiger partial charge in [0, 0.05) is 26.0 Å². The quantitative estimate of drug-likeness (QED) is 0.449. The van der Waals surface area contributed by atoms with Crippen molar-refractivity contribution in [1.82, 2.24) is 10.6 Å². The highest BCUT2D eigenvalue weighted by Crippen LogP contribution is 2.44. The molecule has 1 atom stereocenters. The van der Waals surface area contributed by atoms with Crippen molar-refractivity contribution in [3.63, 3.8) is 0 Å². The number of carbonyl (C=O) groups excluding carboxylic acids is 2. The van der Waals surface area contributed by atoms with Gasteiger partial charge in [-0.05, 0) is 42.0 Å². The Hall–Kier alpha value is -3.39. The van der Waals surface area contributed by atoms with Crippen LogP contribution in [-0.4, -0.2) is 55.5 Å². The number of ether oxygens (including phenoxy) is 2. The number of rotatable bonds is 11. The molecule has 0 heterocycles. The number of amides is 2. The maximum atomic E-state index is 12.2. The lowest BCUT2D eigenvalue weighted by atomic mass is 9.98. The molecule has 3 rings (SSSR count). The third kappa shape index (κ3) is 5.90. The number of methoxy groups -OCH3 is 1. The molecular weight excluding hydrogens is 424 g/mol. The van der Waals surface area contributed by atoms with Crippen LogP contribution in [0.1, 0.15) is 43.2 Å². The molecule has 0 aromatic heterocycles. The number of carboxylic acid groups (broad SMARTS) is 1. The summed E-state index contributed by atoms with van der Waals surface area (Å²) in [5, 5.41) is 14.5. The van der Waals surface area contributed by atoms with Crippen LogP contribution in [0.2, 0.25) is 0 Å². The average Bonchev–Trinajstić information content (AvgIpc) is 3.11. The van der Waals surface area contributed by atoms with Crippen molar-refractivity contribution in [3.05, 3.63) is 59.7 Å². The SMILES string of the molecule is COCC(C)(NC(=O)CCCCNC(=O)OCC1c2ccccc2-c2ccccc21)C(=O)O. The predicted molar refractivity (Wildman–Crippen MR) is 123 cm³/mol. The molecule has 176 valence electrons. The molecule has 0 spiro atoms. The van der Waals surface area contributed by atoms with Crippen LogP contribution in [0.3, 0.4) is 0 Å². The summed E-state index contributed by atoms with van der Waals surface area (Å²) in [5.74, 6) is -1.53. The zero-order chi connectivity index (χ0) is 23.8. The molecule has 8 nitrogen and oxygen atoms in total. The summed E-state index contributed by atoms with van der Waals surface area (Å²) in [5.41, 5.74) is 3.18. The number of carbonyl (C=O) groups is 3. The highest BCUT2D eigenvalue weighted by molar-refractivity contribution is 5.86. The molecule has 1 aliphatic carbocycles. The van der Waals surface area contributed by atoms with Gasteiger partial charge in [-0.1, -0.05) is 48.5 Å². The fourth-order valence-corrected chi connectivity index (χ4v) is 4.06. The lowest BCUT2D eigenvalue weighted by Crippen LogP contribution is -2.55. The van der Waals surface area contributed by atoms with E-state index in [1.54, 1.807) is 0 Å². The van der Waals surface area contributed by atoms with Gasteiger partial charge in [0.25, 0.3) is 0 Å². The van der Waals surface area contributed by atoms with Crippen LogP contribution in [0.4, 0.5) is 4.79 Å². The number of hydrogen-bond acceptors (Lipinski definition) is 5. The maximum absolute atomic E-state index is 12.2. The lowest BCUT2D eigenvalue weighted by molar-refractivity contribution is -0.149. The van der Waals surface area contributed by atoms with Gasteiger partial charge < -0.3 is 25.2 Å². The molecule has 1 aliphatic rings. The number of benzene rings is 2. The number of nitrogens with one attached hydrogen (secondary N) is 2. The van der Waals surface area contributed by atoms with E-state index in [2.05, 4.69) is 34.9 Å². The standard InChI is InChI=1S/C25H30N2O6/c1-25(16-32-2,23(29)30)27-22(28)13-7-8-14-26-24(31)33-15-21-19-11-5-3-9-17(19)18-10-4-6-12-20(18)21/h3-6,9-12,21H,7-8,13-16H2,1-2H3,(H,26,31)(H,27,28)(H,29,30). The number of unbranched alkanes of at least 4 members (excludes halogenated alkanes) is 1. The molecule has 2 aromatic carbocycles. The highest BCUT2D eigenvalue weighted by atomic mass is 16.5. The Labute approximate surface area is 193 Å². The number of fused-ring (bicyclic) bond motifs is 3. The van der Waals surface area contributed by atoms with E-state index in [9.17, 15) is 19.5 Å². The first-order valence-electron chi connectivity index (χ1n) is 11.0. The largest absolute Gasteiger partial charge is 0.479 e. The van der Waals surface area contributed by atoms with E-state index in [4.69, 9.17) is 9.47 Å². The molecule has 0 bridgehead atoms. The van der Waals surface area contributed by atoms with Crippen molar-refractivity contribution in [1.29, 1.82) is 0 Å². The first-order valence-corrected chi connectivity index (χ1v) is 11.0. The zero-order valence-electron chi connectivity index (χ0n) is 18.9. The Morgan fingerprint density at radius 1 is 1.00 bits per heavy atom. The van der Waals surface area contributed by atoms with E-state index in [0.717, 1.165) is 11.1 Å². The molecule has 0 radical (unpaired) electrons. The summed E-state index contributed by atoms with van der Waals surface area (Å²) in [6, 6.07) is 16.3. The van der Waals surface area contributed by atoms with Gasteiger partial charge in [-0.2, -0.15) is 0 Å². The Morgan fingerprint density at radius 2 is 1.61 bits per heavy atom. The van der Waals surface area contributed by atoms with Gasteiger partial charge in [-0.3, -0.25) is 4.79 Å².